The lowest BCUT2D eigenvalue weighted by Gasteiger charge is -2.23. The van der Waals surface area contributed by atoms with Crippen molar-refractivity contribution in [2.45, 2.75) is 57.3 Å². The van der Waals surface area contributed by atoms with Crippen molar-refractivity contribution in [3.8, 4) is 6.01 Å². The molecule has 1 atom stereocenters. The number of anilines is 1. The molecule has 118 valence electrons. The molecule has 2 aromatic heterocycles. The van der Waals surface area contributed by atoms with E-state index in [9.17, 15) is 0 Å². The Labute approximate surface area is 128 Å². The number of nitrogen functional groups attached to an aromatic ring is 1. The topological polar surface area (TPSA) is 88.1 Å². The SMILES string of the molecule is Nc1nc(OC2CCCC2)nc2c1ncn2C1CCCCO1. The van der Waals surface area contributed by atoms with Crippen molar-refractivity contribution in [3.05, 3.63) is 6.33 Å². The molecule has 0 radical (unpaired) electrons. The van der Waals surface area contributed by atoms with Crippen LogP contribution < -0.4 is 10.5 Å². The second-order valence-electron chi connectivity index (χ2n) is 6.06. The van der Waals surface area contributed by atoms with Crippen LogP contribution in [0.3, 0.4) is 0 Å². The number of ether oxygens (including phenoxy) is 2. The van der Waals surface area contributed by atoms with Gasteiger partial charge in [0.25, 0.3) is 0 Å². The minimum absolute atomic E-state index is 0.0209. The fourth-order valence-electron chi connectivity index (χ4n) is 3.28. The van der Waals surface area contributed by atoms with Gasteiger partial charge in [0.2, 0.25) is 0 Å². The van der Waals surface area contributed by atoms with Crippen LogP contribution in [0.25, 0.3) is 11.2 Å². The maximum Gasteiger partial charge on any atom is 0.320 e. The average molecular weight is 303 g/mol. The molecule has 22 heavy (non-hydrogen) atoms. The van der Waals surface area contributed by atoms with E-state index in [1.165, 1.54) is 12.8 Å². The molecule has 3 heterocycles. The first-order valence-corrected chi connectivity index (χ1v) is 8.09. The van der Waals surface area contributed by atoms with E-state index < -0.39 is 0 Å². The third-order valence-electron chi connectivity index (χ3n) is 4.47. The molecule has 7 nitrogen and oxygen atoms in total. The van der Waals surface area contributed by atoms with Gasteiger partial charge in [0.15, 0.2) is 17.0 Å². The molecule has 1 saturated heterocycles. The van der Waals surface area contributed by atoms with Crippen LogP contribution in [0, 0.1) is 0 Å². The number of nitrogens with two attached hydrogens (primary N) is 1. The van der Waals surface area contributed by atoms with Gasteiger partial charge in [0, 0.05) is 6.61 Å². The van der Waals surface area contributed by atoms with Gasteiger partial charge in [0.05, 0.1) is 6.33 Å². The summed E-state index contributed by atoms with van der Waals surface area (Å²) >= 11 is 0. The Hall–Kier alpha value is -1.89. The summed E-state index contributed by atoms with van der Waals surface area (Å²) in [6.07, 6.45) is 9.68. The summed E-state index contributed by atoms with van der Waals surface area (Å²) < 4.78 is 13.7. The van der Waals surface area contributed by atoms with Gasteiger partial charge in [-0.2, -0.15) is 9.97 Å². The van der Waals surface area contributed by atoms with Gasteiger partial charge in [-0.25, -0.2) is 4.98 Å². The lowest BCUT2D eigenvalue weighted by molar-refractivity contribution is -0.0298. The first kappa shape index (κ1) is 13.8. The van der Waals surface area contributed by atoms with Crippen LogP contribution in [0.2, 0.25) is 0 Å². The average Bonchev–Trinajstić information content (AvgIpc) is 3.18. The Morgan fingerprint density at radius 3 is 2.73 bits per heavy atom. The molecule has 2 fully saturated rings. The molecule has 4 rings (SSSR count). The predicted octanol–water partition coefficient (Wildman–Crippen LogP) is 2.43. The Morgan fingerprint density at radius 2 is 1.95 bits per heavy atom. The number of hydrogen-bond donors (Lipinski definition) is 1. The standard InChI is InChI=1S/C15H21N5O2/c16-13-12-14(19-15(18-13)22-10-5-1-2-6-10)20(9-17-12)11-7-3-4-8-21-11/h9-11H,1-8H2,(H2,16,18,19). The molecule has 1 aliphatic carbocycles. The maximum atomic E-state index is 6.03. The van der Waals surface area contributed by atoms with E-state index in [1.807, 2.05) is 4.57 Å². The van der Waals surface area contributed by atoms with Crippen LogP contribution in [0.15, 0.2) is 6.33 Å². The third-order valence-corrected chi connectivity index (χ3v) is 4.47. The monoisotopic (exact) mass is 303 g/mol. The molecular formula is C15H21N5O2. The van der Waals surface area contributed by atoms with Crippen molar-refractivity contribution >= 4 is 17.0 Å². The van der Waals surface area contributed by atoms with E-state index in [-0.39, 0.29) is 12.3 Å². The van der Waals surface area contributed by atoms with Crippen LogP contribution in [-0.2, 0) is 4.74 Å². The van der Waals surface area contributed by atoms with Gasteiger partial charge in [-0.1, -0.05) is 0 Å². The first-order valence-electron chi connectivity index (χ1n) is 8.09. The second kappa shape index (κ2) is 5.72. The van der Waals surface area contributed by atoms with Crippen LogP contribution in [0.1, 0.15) is 51.2 Å². The molecule has 0 aromatic carbocycles. The highest BCUT2D eigenvalue weighted by Gasteiger charge is 2.22. The molecule has 2 aliphatic rings. The molecule has 0 amide bonds. The number of hydrogen-bond acceptors (Lipinski definition) is 6. The largest absolute Gasteiger partial charge is 0.460 e. The summed E-state index contributed by atoms with van der Waals surface area (Å²) in [6, 6.07) is 0.356. The van der Waals surface area contributed by atoms with Crippen molar-refractivity contribution < 1.29 is 9.47 Å². The van der Waals surface area contributed by atoms with Crippen molar-refractivity contribution in [1.82, 2.24) is 19.5 Å². The summed E-state index contributed by atoms with van der Waals surface area (Å²) in [7, 11) is 0. The fourth-order valence-corrected chi connectivity index (χ4v) is 3.28. The van der Waals surface area contributed by atoms with Crippen molar-refractivity contribution in [1.29, 1.82) is 0 Å². The predicted molar refractivity (Wildman–Crippen MR) is 81.5 cm³/mol. The minimum atomic E-state index is -0.0209. The zero-order valence-corrected chi connectivity index (χ0v) is 12.6. The van der Waals surface area contributed by atoms with Crippen molar-refractivity contribution in [2.24, 2.45) is 0 Å². The number of aromatic nitrogens is 4. The molecule has 1 unspecified atom stereocenters. The summed E-state index contributed by atoms with van der Waals surface area (Å²) in [4.78, 5) is 13.1. The number of rotatable bonds is 3. The van der Waals surface area contributed by atoms with E-state index >= 15 is 0 Å². The van der Waals surface area contributed by atoms with Gasteiger partial charge in [-0.15, -0.1) is 0 Å². The van der Waals surface area contributed by atoms with E-state index in [0.29, 0.717) is 23.0 Å². The second-order valence-corrected chi connectivity index (χ2v) is 6.06. The Morgan fingerprint density at radius 1 is 1.14 bits per heavy atom. The molecule has 0 bridgehead atoms. The highest BCUT2D eigenvalue weighted by atomic mass is 16.5. The molecule has 7 heteroatoms. The lowest BCUT2D eigenvalue weighted by atomic mass is 10.2. The zero-order valence-electron chi connectivity index (χ0n) is 12.6. The maximum absolute atomic E-state index is 6.03. The van der Waals surface area contributed by atoms with E-state index in [4.69, 9.17) is 15.2 Å². The molecule has 2 aromatic rings. The van der Waals surface area contributed by atoms with Gasteiger partial charge in [0.1, 0.15) is 12.3 Å². The van der Waals surface area contributed by atoms with Gasteiger partial charge < -0.3 is 15.2 Å². The molecule has 2 N–H and O–H groups in total. The lowest BCUT2D eigenvalue weighted by Crippen LogP contribution is -2.18. The van der Waals surface area contributed by atoms with E-state index in [1.54, 1.807) is 6.33 Å². The fraction of sp³-hybridized carbons (Fsp3) is 0.667. The van der Waals surface area contributed by atoms with Gasteiger partial charge >= 0.3 is 6.01 Å². The van der Waals surface area contributed by atoms with Crippen LogP contribution in [0.4, 0.5) is 5.82 Å². The van der Waals surface area contributed by atoms with Crippen molar-refractivity contribution in [3.63, 3.8) is 0 Å². The van der Waals surface area contributed by atoms with Crippen LogP contribution >= 0.6 is 0 Å². The number of fused-ring (bicyclic) bond motifs is 1. The normalized spacial score (nSPS) is 23.2. The third kappa shape index (κ3) is 2.49. The first-order chi connectivity index (χ1) is 10.8. The summed E-state index contributed by atoms with van der Waals surface area (Å²) in [5.41, 5.74) is 7.35. The van der Waals surface area contributed by atoms with Crippen LogP contribution in [-0.4, -0.2) is 32.2 Å². The summed E-state index contributed by atoms with van der Waals surface area (Å²) in [6.45, 7) is 0.774. The molecule has 1 saturated carbocycles. The Bertz CT molecular complexity index is 659. The highest BCUT2D eigenvalue weighted by molar-refractivity contribution is 5.81. The van der Waals surface area contributed by atoms with E-state index in [0.717, 1.165) is 38.7 Å². The number of imidazole rings is 1. The number of nitrogens with zero attached hydrogens (tertiary/aromatic N) is 4. The Balaban J connectivity index is 1.67. The van der Waals surface area contributed by atoms with E-state index in [2.05, 4.69) is 15.0 Å². The summed E-state index contributed by atoms with van der Waals surface area (Å²) in [5.74, 6) is 0.368. The van der Waals surface area contributed by atoms with Gasteiger partial charge in [-0.05, 0) is 44.9 Å². The van der Waals surface area contributed by atoms with Crippen LogP contribution in [0.5, 0.6) is 6.01 Å². The quantitative estimate of drug-likeness (QED) is 0.937. The molecule has 0 spiro atoms. The Kier molecular flexibility index (Phi) is 3.57. The molecular weight excluding hydrogens is 282 g/mol. The highest BCUT2D eigenvalue weighted by Crippen LogP contribution is 2.29. The smallest absolute Gasteiger partial charge is 0.320 e. The van der Waals surface area contributed by atoms with Crippen molar-refractivity contribution in [2.75, 3.05) is 12.3 Å². The zero-order chi connectivity index (χ0) is 14.9. The summed E-state index contributed by atoms with van der Waals surface area (Å²) in [5, 5.41) is 0. The van der Waals surface area contributed by atoms with Gasteiger partial charge in [-0.3, -0.25) is 4.57 Å². The minimum Gasteiger partial charge on any atom is -0.460 e. The molecule has 1 aliphatic heterocycles.